The molecule has 0 saturated carbocycles. The molecule has 0 aliphatic carbocycles. The zero-order chi connectivity index (χ0) is 13.7. The van der Waals surface area contributed by atoms with Crippen molar-refractivity contribution >= 4 is 27.7 Å². The van der Waals surface area contributed by atoms with Crippen LogP contribution in [0.15, 0.2) is 57.0 Å². The maximum absolute atomic E-state index is 4.51. The Hall–Kier alpha value is -0.840. The second kappa shape index (κ2) is 7.08. The Morgan fingerprint density at radius 3 is 2.79 bits per heavy atom. The van der Waals surface area contributed by atoms with Crippen LogP contribution in [-0.4, -0.2) is 11.5 Å². The molecule has 2 nitrogen and oxygen atoms in total. The third kappa shape index (κ3) is 4.34. The normalized spacial score (nSPS) is 12.4. The second-order valence-electron chi connectivity index (χ2n) is 4.27. The standard InChI is InChI=1S/C15H17BrN2S/c1-3-17-11(2)12-7-8-15(18-10-12)19-14-6-4-5-13(16)9-14/h4-11,17H,3H2,1-2H3. The molecule has 1 aromatic heterocycles. The van der Waals surface area contributed by atoms with Crippen molar-refractivity contribution in [3.8, 4) is 0 Å². The van der Waals surface area contributed by atoms with Crippen molar-refractivity contribution in [1.82, 2.24) is 10.3 Å². The van der Waals surface area contributed by atoms with E-state index in [-0.39, 0.29) is 0 Å². The van der Waals surface area contributed by atoms with Crippen LogP contribution in [0.5, 0.6) is 0 Å². The van der Waals surface area contributed by atoms with Gasteiger partial charge in [-0.15, -0.1) is 0 Å². The van der Waals surface area contributed by atoms with Crippen LogP contribution in [0.1, 0.15) is 25.5 Å². The third-order valence-electron chi connectivity index (χ3n) is 2.79. The molecule has 0 saturated heterocycles. The number of hydrogen-bond donors (Lipinski definition) is 1. The first-order chi connectivity index (χ1) is 9.19. The molecule has 0 aliphatic heterocycles. The second-order valence-corrected chi connectivity index (χ2v) is 6.28. The number of aromatic nitrogens is 1. The molecule has 0 spiro atoms. The highest BCUT2D eigenvalue weighted by Crippen LogP contribution is 2.28. The van der Waals surface area contributed by atoms with Crippen LogP contribution in [-0.2, 0) is 0 Å². The molecule has 1 unspecified atom stereocenters. The molecular weight excluding hydrogens is 320 g/mol. The van der Waals surface area contributed by atoms with E-state index in [0.717, 1.165) is 16.0 Å². The molecule has 1 heterocycles. The van der Waals surface area contributed by atoms with Gasteiger partial charge >= 0.3 is 0 Å². The maximum atomic E-state index is 4.51. The highest BCUT2D eigenvalue weighted by Gasteiger charge is 2.05. The van der Waals surface area contributed by atoms with Crippen molar-refractivity contribution in [2.24, 2.45) is 0 Å². The molecule has 0 bridgehead atoms. The van der Waals surface area contributed by atoms with Crippen molar-refractivity contribution in [3.63, 3.8) is 0 Å². The largest absolute Gasteiger partial charge is 0.310 e. The molecule has 2 aromatic rings. The highest BCUT2D eigenvalue weighted by molar-refractivity contribution is 9.10. The SMILES string of the molecule is CCNC(C)c1ccc(Sc2cccc(Br)c2)nc1. The Morgan fingerprint density at radius 1 is 1.32 bits per heavy atom. The summed E-state index contributed by atoms with van der Waals surface area (Å²) < 4.78 is 1.09. The first-order valence-electron chi connectivity index (χ1n) is 6.32. The van der Waals surface area contributed by atoms with Crippen molar-refractivity contribution in [2.45, 2.75) is 29.8 Å². The quantitative estimate of drug-likeness (QED) is 0.858. The molecule has 1 N–H and O–H groups in total. The maximum Gasteiger partial charge on any atom is 0.101 e. The summed E-state index contributed by atoms with van der Waals surface area (Å²) in [4.78, 5) is 5.70. The average Bonchev–Trinajstić information content (AvgIpc) is 2.40. The summed E-state index contributed by atoms with van der Waals surface area (Å²) in [5.74, 6) is 0. The van der Waals surface area contributed by atoms with Crippen molar-refractivity contribution in [1.29, 1.82) is 0 Å². The molecule has 19 heavy (non-hydrogen) atoms. The minimum absolute atomic E-state index is 0.349. The predicted molar refractivity (Wildman–Crippen MR) is 84.6 cm³/mol. The van der Waals surface area contributed by atoms with Gasteiger partial charge in [-0.05, 0) is 43.3 Å². The number of pyridine rings is 1. The average molecular weight is 337 g/mol. The summed E-state index contributed by atoms with van der Waals surface area (Å²) in [5.41, 5.74) is 1.22. The molecular formula is C15H17BrN2S. The fourth-order valence-corrected chi connectivity index (χ4v) is 3.15. The Balaban J connectivity index is 2.06. The van der Waals surface area contributed by atoms with Gasteiger partial charge in [-0.3, -0.25) is 0 Å². The summed E-state index contributed by atoms with van der Waals surface area (Å²) in [5, 5.41) is 4.40. The fourth-order valence-electron chi connectivity index (χ4n) is 1.78. The number of halogens is 1. The molecule has 0 amide bonds. The Labute approximate surface area is 127 Å². The summed E-state index contributed by atoms with van der Waals surface area (Å²) >= 11 is 5.16. The van der Waals surface area contributed by atoms with Crippen LogP contribution in [0.3, 0.4) is 0 Å². The molecule has 0 radical (unpaired) electrons. The first-order valence-corrected chi connectivity index (χ1v) is 7.92. The van der Waals surface area contributed by atoms with Crippen LogP contribution in [0.4, 0.5) is 0 Å². The van der Waals surface area contributed by atoms with E-state index in [2.05, 4.69) is 64.3 Å². The van der Waals surface area contributed by atoms with Crippen LogP contribution in [0.2, 0.25) is 0 Å². The van der Waals surface area contributed by atoms with Gasteiger partial charge in [0.2, 0.25) is 0 Å². The van der Waals surface area contributed by atoms with Crippen LogP contribution < -0.4 is 5.32 Å². The lowest BCUT2D eigenvalue weighted by Gasteiger charge is -2.12. The Morgan fingerprint density at radius 2 is 2.16 bits per heavy atom. The van der Waals surface area contributed by atoms with E-state index < -0.39 is 0 Å². The highest BCUT2D eigenvalue weighted by atomic mass is 79.9. The lowest BCUT2D eigenvalue weighted by Crippen LogP contribution is -2.17. The molecule has 0 aliphatic rings. The van der Waals surface area contributed by atoms with E-state index in [1.54, 1.807) is 11.8 Å². The lowest BCUT2D eigenvalue weighted by molar-refractivity contribution is 0.595. The van der Waals surface area contributed by atoms with Crippen molar-refractivity contribution in [2.75, 3.05) is 6.54 Å². The molecule has 1 atom stereocenters. The molecule has 2 rings (SSSR count). The van der Waals surface area contributed by atoms with Gasteiger partial charge in [0.05, 0.1) is 0 Å². The summed E-state index contributed by atoms with van der Waals surface area (Å²) in [6, 6.07) is 12.8. The van der Waals surface area contributed by atoms with E-state index in [1.807, 2.05) is 18.3 Å². The number of nitrogens with one attached hydrogen (secondary N) is 1. The minimum Gasteiger partial charge on any atom is -0.310 e. The molecule has 1 aromatic carbocycles. The van der Waals surface area contributed by atoms with Gasteiger partial charge in [-0.2, -0.15) is 0 Å². The number of hydrogen-bond acceptors (Lipinski definition) is 3. The molecule has 4 heteroatoms. The van der Waals surface area contributed by atoms with Crippen LogP contribution in [0, 0.1) is 0 Å². The molecule has 0 fully saturated rings. The fraction of sp³-hybridized carbons (Fsp3) is 0.267. The van der Waals surface area contributed by atoms with E-state index in [4.69, 9.17) is 0 Å². The van der Waals surface area contributed by atoms with Gasteiger partial charge in [0.25, 0.3) is 0 Å². The van der Waals surface area contributed by atoms with Crippen molar-refractivity contribution < 1.29 is 0 Å². The monoisotopic (exact) mass is 336 g/mol. The first kappa shape index (κ1) is 14.6. The summed E-state index contributed by atoms with van der Waals surface area (Å²) in [7, 11) is 0. The van der Waals surface area contributed by atoms with E-state index >= 15 is 0 Å². The summed E-state index contributed by atoms with van der Waals surface area (Å²) in [6.45, 7) is 5.23. The van der Waals surface area contributed by atoms with Crippen molar-refractivity contribution in [3.05, 3.63) is 52.6 Å². The zero-order valence-electron chi connectivity index (χ0n) is 11.1. The van der Waals surface area contributed by atoms with E-state index in [9.17, 15) is 0 Å². The molecule has 100 valence electrons. The van der Waals surface area contributed by atoms with Gasteiger partial charge in [-0.1, -0.05) is 46.7 Å². The van der Waals surface area contributed by atoms with Crippen LogP contribution in [0.25, 0.3) is 0 Å². The van der Waals surface area contributed by atoms with E-state index in [1.165, 1.54) is 10.5 Å². The smallest absolute Gasteiger partial charge is 0.101 e. The number of benzene rings is 1. The van der Waals surface area contributed by atoms with Gasteiger partial charge < -0.3 is 5.32 Å². The van der Waals surface area contributed by atoms with Gasteiger partial charge in [0.1, 0.15) is 5.03 Å². The number of nitrogens with zero attached hydrogens (tertiary/aromatic N) is 1. The topological polar surface area (TPSA) is 24.9 Å². The third-order valence-corrected chi connectivity index (χ3v) is 4.22. The minimum atomic E-state index is 0.349. The predicted octanol–water partition coefficient (Wildman–Crippen LogP) is 4.67. The lowest BCUT2D eigenvalue weighted by atomic mass is 10.1. The number of rotatable bonds is 5. The van der Waals surface area contributed by atoms with Gasteiger partial charge in [0, 0.05) is 21.6 Å². The van der Waals surface area contributed by atoms with Gasteiger partial charge in [-0.25, -0.2) is 4.98 Å². The van der Waals surface area contributed by atoms with E-state index in [0.29, 0.717) is 6.04 Å². The van der Waals surface area contributed by atoms with Crippen LogP contribution >= 0.6 is 27.7 Å². The van der Waals surface area contributed by atoms with Gasteiger partial charge in [0.15, 0.2) is 0 Å². The Bertz CT molecular complexity index is 528. The summed E-state index contributed by atoms with van der Waals surface area (Å²) in [6.07, 6.45) is 1.95. The Kier molecular flexibility index (Phi) is 5.43. The zero-order valence-corrected chi connectivity index (χ0v) is 13.5.